The van der Waals surface area contributed by atoms with Gasteiger partial charge in [-0.05, 0) is 13.0 Å². The second kappa shape index (κ2) is 10.1. The molecule has 0 aliphatic heterocycles. The average Bonchev–Trinajstić information content (AvgIpc) is 2.17. The molecule has 0 aromatic carbocycles. The standard InChI is InChI=1S/C11H26BN/c1-4-7-9-12(10-8-5-2)13-11-6-3/h13H,4-11H2,1-3H3. The van der Waals surface area contributed by atoms with E-state index in [9.17, 15) is 0 Å². The molecule has 1 nitrogen and oxygen atoms in total. The van der Waals surface area contributed by atoms with E-state index in [1.165, 1.54) is 51.3 Å². The molecule has 0 aliphatic rings. The first-order valence-electron chi connectivity index (χ1n) is 6.08. The van der Waals surface area contributed by atoms with Gasteiger partial charge < -0.3 is 5.23 Å². The van der Waals surface area contributed by atoms with Crippen LogP contribution in [0.3, 0.4) is 0 Å². The monoisotopic (exact) mass is 183 g/mol. The molecule has 0 heterocycles. The fraction of sp³-hybridized carbons (Fsp3) is 1.00. The Bertz CT molecular complexity index is 77.1. The van der Waals surface area contributed by atoms with Crippen molar-refractivity contribution < 1.29 is 0 Å². The van der Waals surface area contributed by atoms with Gasteiger partial charge in [0, 0.05) is 0 Å². The Morgan fingerprint density at radius 2 is 1.38 bits per heavy atom. The second-order valence-corrected chi connectivity index (χ2v) is 3.94. The summed E-state index contributed by atoms with van der Waals surface area (Å²) in [5.41, 5.74) is 0. The molecule has 0 amide bonds. The van der Waals surface area contributed by atoms with Crippen molar-refractivity contribution in [2.24, 2.45) is 0 Å². The minimum Gasteiger partial charge on any atom is -0.356 e. The molecule has 0 saturated carbocycles. The lowest BCUT2D eigenvalue weighted by Gasteiger charge is -2.13. The van der Waals surface area contributed by atoms with Gasteiger partial charge in [-0.25, -0.2) is 0 Å². The van der Waals surface area contributed by atoms with E-state index in [2.05, 4.69) is 26.0 Å². The summed E-state index contributed by atoms with van der Waals surface area (Å²) in [6.45, 7) is 8.77. The highest BCUT2D eigenvalue weighted by atomic mass is 14.8. The summed E-state index contributed by atoms with van der Waals surface area (Å²) in [6.07, 6.45) is 9.42. The van der Waals surface area contributed by atoms with Crippen LogP contribution in [0.4, 0.5) is 0 Å². The van der Waals surface area contributed by atoms with E-state index in [0.717, 1.165) is 6.85 Å². The highest BCUT2D eigenvalue weighted by molar-refractivity contribution is 6.56. The molecule has 0 unspecified atom stereocenters. The highest BCUT2D eigenvalue weighted by Gasteiger charge is 2.10. The predicted octanol–water partition coefficient (Wildman–Crippen LogP) is 3.58. The van der Waals surface area contributed by atoms with Gasteiger partial charge in [-0.1, -0.05) is 59.1 Å². The Balaban J connectivity index is 3.47. The van der Waals surface area contributed by atoms with Crippen LogP contribution in [0.5, 0.6) is 0 Å². The molecule has 0 aromatic rings. The lowest BCUT2D eigenvalue weighted by atomic mass is 9.54. The maximum atomic E-state index is 3.64. The summed E-state index contributed by atoms with van der Waals surface area (Å²) < 4.78 is 0. The van der Waals surface area contributed by atoms with Crippen LogP contribution in [-0.2, 0) is 0 Å². The summed E-state index contributed by atoms with van der Waals surface area (Å²) in [6, 6.07) is 0. The minimum atomic E-state index is 0.792. The Morgan fingerprint density at radius 3 is 1.77 bits per heavy atom. The van der Waals surface area contributed by atoms with E-state index in [4.69, 9.17) is 0 Å². The third-order valence-corrected chi connectivity index (χ3v) is 2.50. The summed E-state index contributed by atoms with van der Waals surface area (Å²) in [5, 5.41) is 3.64. The van der Waals surface area contributed by atoms with Gasteiger partial charge >= 0.3 is 0 Å². The van der Waals surface area contributed by atoms with Crippen molar-refractivity contribution in [1.29, 1.82) is 0 Å². The molecule has 0 fully saturated rings. The molecule has 0 aromatic heterocycles. The van der Waals surface area contributed by atoms with Crippen LogP contribution in [0.15, 0.2) is 0 Å². The van der Waals surface area contributed by atoms with Gasteiger partial charge in [-0.3, -0.25) is 0 Å². The molecule has 1 N–H and O–H groups in total. The first-order valence-corrected chi connectivity index (χ1v) is 6.08. The van der Waals surface area contributed by atoms with E-state index < -0.39 is 0 Å². The van der Waals surface area contributed by atoms with Crippen LogP contribution in [0.25, 0.3) is 0 Å². The first kappa shape index (κ1) is 13.0. The van der Waals surface area contributed by atoms with E-state index in [1.54, 1.807) is 0 Å². The molecule has 0 atom stereocenters. The third-order valence-electron chi connectivity index (χ3n) is 2.50. The Labute approximate surface area is 84.8 Å². The average molecular weight is 183 g/mol. The van der Waals surface area contributed by atoms with Crippen LogP contribution < -0.4 is 5.23 Å². The largest absolute Gasteiger partial charge is 0.356 e. The molecule has 0 spiro atoms. The smallest absolute Gasteiger partial charge is 0.220 e. The second-order valence-electron chi connectivity index (χ2n) is 3.94. The fourth-order valence-corrected chi connectivity index (χ4v) is 1.60. The maximum absolute atomic E-state index is 3.64. The van der Waals surface area contributed by atoms with Crippen molar-refractivity contribution in [3.63, 3.8) is 0 Å². The molecule has 13 heavy (non-hydrogen) atoms. The number of unbranched alkanes of at least 4 members (excludes halogenated alkanes) is 2. The Morgan fingerprint density at radius 1 is 0.846 bits per heavy atom. The SMILES string of the molecule is CCCCB(CCCC)NCCC. The normalized spacial score (nSPS) is 10.4. The molecule has 0 aliphatic carbocycles. The minimum absolute atomic E-state index is 0.792. The van der Waals surface area contributed by atoms with Crippen molar-refractivity contribution in [2.45, 2.75) is 65.5 Å². The summed E-state index contributed by atoms with van der Waals surface area (Å²) in [7, 11) is 0. The molecule has 0 saturated heterocycles. The van der Waals surface area contributed by atoms with Gasteiger partial charge in [0.05, 0.1) is 0 Å². The first-order chi connectivity index (χ1) is 6.35. The predicted molar refractivity (Wildman–Crippen MR) is 63.5 cm³/mol. The number of nitrogens with one attached hydrogen (secondary N) is 1. The zero-order valence-corrected chi connectivity index (χ0v) is 9.73. The lowest BCUT2D eigenvalue weighted by molar-refractivity contribution is 0.787. The third kappa shape index (κ3) is 8.36. The zero-order valence-electron chi connectivity index (χ0n) is 9.73. The van der Waals surface area contributed by atoms with Gasteiger partial charge in [0.2, 0.25) is 6.85 Å². The molecule has 0 radical (unpaired) electrons. The van der Waals surface area contributed by atoms with Crippen LogP contribution in [0.2, 0.25) is 12.6 Å². The van der Waals surface area contributed by atoms with Crippen molar-refractivity contribution >= 4 is 6.85 Å². The quantitative estimate of drug-likeness (QED) is 0.538. The lowest BCUT2D eigenvalue weighted by Crippen LogP contribution is -2.33. The Kier molecular flexibility index (Phi) is 10.1. The molecule has 0 rings (SSSR count). The van der Waals surface area contributed by atoms with Crippen LogP contribution in [-0.4, -0.2) is 13.4 Å². The summed E-state index contributed by atoms with van der Waals surface area (Å²) in [4.78, 5) is 0. The van der Waals surface area contributed by atoms with E-state index in [-0.39, 0.29) is 0 Å². The van der Waals surface area contributed by atoms with Crippen molar-refractivity contribution in [1.82, 2.24) is 5.23 Å². The van der Waals surface area contributed by atoms with Crippen molar-refractivity contribution in [3.8, 4) is 0 Å². The van der Waals surface area contributed by atoms with Gasteiger partial charge in [-0.15, -0.1) is 0 Å². The van der Waals surface area contributed by atoms with E-state index in [1.807, 2.05) is 0 Å². The highest BCUT2D eigenvalue weighted by Crippen LogP contribution is 2.07. The Hall–Kier alpha value is 0.0249. The number of rotatable bonds is 9. The summed E-state index contributed by atoms with van der Waals surface area (Å²) >= 11 is 0. The molecule has 78 valence electrons. The fourth-order valence-electron chi connectivity index (χ4n) is 1.60. The van der Waals surface area contributed by atoms with E-state index in [0.29, 0.717) is 0 Å². The molecule has 2 heteroatoms. The number of hydrogen-bond acceptors (Lipinski definition) is 1. The van der Waals surface area contributed by atoms with Gasteiger partial charge in [-0.2, -0.15) is 0 Å². The van der Waals surface area contributed by atoms with Crippen LogP contribution >= 0.6 is 0 Å². The maximum Gasteiger partial charge on any atom is 0.220 e. The topological polar surface area (TPSA) is 12.0 Å². The molecule has 0 bridgehead atoms. The van der Waals surface area contributed by atoms with Gasteiger partial charge in [0.1, 0.15) is 0 Å². The van der Waals surface area contributed by atoms with Gasteiger partial charge in [0.25, 0.3) is 0 Å². The molecular formula is C11H26BN. The van der Waals surface area contributed by atoms with Crippen molar-refractivity contribution in [3.05, 3.63) is 0 Å². The van der Waals surface area contributed by atoms with Crippen LogP contribution in [0, 0.1) is 0 Å². The number of hydrogen-bond donors (Lipinski definition) is 1. The summed E-state index contributed by atoms with van der Waals surface area (Å²) in [5.74, 6) is 0. The van der Waals surface area contributed by atoms with Crippen molar-refractivity contribution in [2.75, 3.05) is 6.54 Å². The molecular weight excluding hydrogens is 157 g/mol. The van der Waals surface area contributed by atoms with Crippen LogP contribution in [0.1, 0.15) is 52.9 Å². The van der Waals surface area contributed by atoms with E-state index >= 15 is 0 Å². The van der Waals surface area contributed by atoms with Gasteiger partial charge in [0.15, 0.2) is 0 Å². The zero-order chi connectivity index (χ0) is 9.94.